The van der Waals surface area contributed by atoms with Gasteiger partial charge in [0.1, 0.15) is 0 Å². The highest BCUT2D eigenvalue weighted by Crippen LogP contribution is 2.19. The molecule has 0 radical (unpaired) electrons. The number of benzene rings is 1. The summed E-state index contributed by atoms with van der Waals surface area (Å²) >= 11 is 0. The minimum Gasteiger partial charge on any atom is -0.475 e. The Morgan fingerprint density at radius 1 is 1.06 bits per heavy atom. The number of aromatic nitrogens is 4. The number of piperazine rings is 1. The van der Waals surface area contributed by atoms with Crippen molar-refractivity contribution in [3.63, 3.8) is 0 Å². The van der Waals surface area contributed by atoms with Crippen molar-refractivity contribution in [1.29, 1.82) is 0 Å². The molecule has 0 saturated carbocycles. The predicted octanol–water partition coefficient (Wildman–Crippen LogP) is 2.07. The summed E-state index contributed by atoms with van der Waals surface area (Å²) in [5.41, 5.74) is 3.25. The highest BCUT2D eigenvalue weighted by atomic mass is 19.4. The van der Waals surface area contributed by atoms with E-state index in [1.807, 2.05) is 40.0 Å². The molecule has 12 heteroatoms. The molecule has 2 aromatic heterocycles. The van der Waals surface area contributed by atoms with Gasteiger partial charge in [-0.05, 0) is 29.8 Å². The van der Waals surface area contributed by atoms with Crippen LogP contribution in [-0.4, -0.2) is 74.2 Å². The van der Waals surface area contributed by atoms with Crippen molar-refractivity contribution in [2.75, 3.05) is 26.2 Å². The fourth-order valence-corrected chi connectivity index (χ4v) is 3.04. The van der Waals surface area contributed by atoms with Crippen LogP contribution in [0.3, 0.4) is 0 Å². The summed E-state index contributed by atoms with van der Waals surface area (Å²) < 4.78 is 33.6. The van der Waals surface area contributed by atoms with E-state index in [-0.39, 0.29) is 5.91 Å². The number of carboxylic acid groups (broad SMARTS) is 1. The number of carbonyl (C=O) groups excluding carboxylic acids is 1. The van der Waals surface area contributed by atoms with E-state index in [4.69, 9.17) is 9.90 Å². The molecule has 9 nitrogen and oxygen atoms in total. The molecule has 0 aliphatic carbocycles. The van der Waals surface area contributed by atoms with Crippen molar-refractivity contribution in [2.24, 2.45) is 0 Å². The zero-order valence-corrected chi connectivity index (χ0v) is 17.4. The molecule has 1 saturated heterocycles. The lowest BCUT2D eigenvalue weighted by Crippen LogP contribution is -2.46. The lowest BCUT2D eigenvalue weighted by Gasteiger charge is -2.26. The van der Waals surface area contributed by atoms with Gasteiger partial charge < -0.3 is 15.3 Å². The minimum absolute atomic E-state index is 0.0574. The van der Waals surface area contributed by atoms with E-state index < -0.39 is 12.1 Å². The Balaban J connectivity index is 0.000000383. The molecule has 0 bridgehead atoms. The summed E-state index contributed by atoms with van der Waals surface area (Å²) in [4.78, 5) is 23.2. The van der Waals surface area contributed by atoms with Crippen LogP contribution in [0.2, 0.25) is 0 Å². The number of alkyl halides is 3. The second-order valence-electron chi connectivity index (χ2n) is 7.05. The van der Waals surface area contributed by atoms with Crippen molar-refractivity contribution in [2.45, 2.75) is 12.7 Å². The van der Waals surface area contributed by atoms with Crippen LogP contribution in [-0.2, 0) is 11.3 Å². The van der Waals surface area contributed by atoms with Crippen LogP contribution in [0.5, 0.6) is 0 Å². The molecular weight excluding hydrogens is 441 g/mol. The van der Waals surface area contributed by atoms with Crippen molar-refractivity contribution < 1.29 is 27.9 Å². The highest BCUT2D eigenvalue weighted by molar-refractivity contribution is 5.92. The Kier molecular flexibility index (Phi) is 7.72. The molecule has 3 aromatic rings. The molecule has 2 N–H and O–H groups in total. The van der Waals surface area contributed by atoms with Gasteiger partial charge >= 0.3 is 12.1 Å². The molecule has 4 rings (SSSR count). The number of nitrogens with one attached hydrogen (secondary N) is 1. The number of hydrogen-bond acceptors (Lipinski definition) is 6. The lowest BCUT2D eigenvalue weighted by atomic mass is 10.1. The van der Waals surface area contributed by atoms with Gasteiger partial charge in [-0.15, -0.1) is 10.2 Å². The summed E-state index contributed by atoms with van der Waals surface area (Å²) in [7, 11) is 0. The van der Waals surface area contributed by atoms with Crippen molar-refractivity contribution in [1.82, 2.24) is 30.2 Å². The third-order valence-corrected chi connectivity index (χ3v) is 4.66. The van der Waals surface area contributed by atoms with E-state index >= 15 is 0 Å². The maximum atomic E-state index is 12.5. The summed E-state index contributed by atoms with van der Waals surface area (Å²) in [5.74, 6) is -2.81. The van der Waals surface area contributed by atoms with E-state index in [0.29, 0.717) is 25.3 Å². The zero-order valence-electron chi connectivity index (χ0n) is 17.4. The average molecular weight is 462 g/mol. The number of carboxylic acids is 1. The van der Waals surface area contributed by atoms with Crippen LogP contribution in [0.15, 0.2) is 54.9 Å². The van der Waals surface area contributed by atoms with Crippen molar-refractivity contribution in [3.05, 3.63) is 66.1 Å². The summed E-state index contributed by atoms with van der Waals surface area (Å²) in [5, 5.41) is 23.0. The molecule has 1 aliphatic heterocycles. The first-order valence-corrected chi connectivity index (χ1v) is 9.94. The van der Waals surface area contributed by atoms with Gasteiger partial charge in [-0.2, -0.15) is 18.3 Å². The highest BCUT2D eigenvalue weighted by Gasteiger charge is 2.38. The topological polar surface area (TPSA) is 113 Å². The summed E-state index contributed by atoms with van der Waals surface area (Å²) in [6.07, 6.45) is -1.38. The van der Waals surface area contributed by atoms with Crippen LogP contribution in [0.4, 0.5) is 13.2 Å². The first-order chi connectivity index (χ1) is 15.7. The van der Waals surface area contributed by atoms with Gasteiger partial charge in [0.05, 0.1) is 12.2 Å². The number of amides is 1. The molecule has 174 valence electrons. The molecule has 0 atom stereocenters. The molecule has 1 amide bonds. The normalized spacial score (nSPS) is 13.7. The number of hydrogen-bond donors (Lipinski definition) is 2. The minimum atomic E-state index is -5.08. The van der Waals surface area contributed by atoms with Crippen LogP contribution >= 0.6 is 0 Å². The average Bonchev–Trinajstić information content (AvgIpc) is 3.32. The monoisotopic (exact) mass is 462 g/mol. The second kappa shape index (κ2) is 10.7. The first kappa shape index (κ1) is 23.9. The van der Waals surface area contributed by atoms with E-state index in [1.54, 1.807) is 12.3 Å². The van der Waals surface area contributed by atoms with Crippen LogP contribution in [0, 0.1) is 0 Å². The van der Waals surface area contributed by atoms with Gasteiger partial charge in [0.25, 0.3) is 5.91 Å². The lowest BCUT2D eigenvalue weighted by molar-refractivity contribution is -0.192. The maximum absolute atomic E-state index is 12.5. The van der Waals surface area contributed by atoms with Gasteiger partial charge in [-0.3, -0.25) is 9.48 Å². The smallest absolute Gasteiger partial charge is 0.475 e. The van der Waals surface area contributed by atoms with Gasteiger partial charge in [-0.1, -0.05) is 18.2 Å². The molecular formula is C21H21F3N6O3. The van der Waals surface area contributed by atoms with Gasteiger partial charge in [0.15, 0.2) is 5.69 Å². The SMILES string of the molecule is O=C(O)C(F)(F)F.O=C(c1ccc(-c2cccc(Cn3cccn3)c2)nn1)N1CCNCC1. The Morgan fingerprint density at radius 2 is 1.79 bits per heavy atom. The van der Waals surface area contributed by atoms with E-state index in [9.17, 15) is 18.0 Å². The van der Waals surface area contributed by atoms with Gasteiger partial charge in [0.2, 0.25) is 0 Å². The first-order valence-electron chi connectivity index (χ1n) is 9.94. The second-order valence-corrected chi connectivity index (χ2v) is 7.05. The van der Waals surface area contributed by atoms with Crippen LogP contribution in [0.25, 0.3) is 11.3 Å². The zero-order chi connectivity index (χ0) is 23.8. The van der Waals surface area contributed by atoms with Crippen molar-refractivity contribution >= 4 is 11.9 Å². The standard InChI is InChI=1S/C19H20N6O.C2HF3O2/c26-19(24-11-8-20-9-12-24)18-6-5-17(22-23-18)16-4-1-3-15(13-16)14-25-10-2-7-21-25;3-2(4,5)1(6)7/h1-7,10,13,20H,8-9,11-12,14H2;(H,6,7). The Labute approximate surface area is 186 Å². The molecule has 1 fully saturated rings. The molecule has 1 aliphatic rings. The Morgan fingerprint density at radius 3 is 2.36 bits per heavy atom. The Bertz CT molecular complexity index is 1070. The number of halogens is 3. The number of carbonyl (C=O) groups is 2. The third-order valence-electron chi connectivity index (χ3n) is 4.66. The summed E-state index contributed by atoms with van der Waals surface area (Å²) in [6, 6.07) is 13.6. The quantitative estimate of drug-likeness (QED) is 0.610. The fraction of sp³-hybridized carbons (Fsp3) is 0.286. The third kappa shape index (κ3) is 6.84. The predicted molar refractivity (Wildman–Crippen MR) is 111 cm³/mol. The maximum Gasteiger partial charge on any atom is 0.490 e. The van der Waals surface area contributed by atoms with Gasteiger partial charge in [-0.25, -0.2) is 4.79 Å². The largest absolute Gasteiger partial charge is 0.490 e. The van der Waals surface area contributed by atoms with E-state index in [1.165, 1.54) is 0 Å². The molecule has 0 spiro atoms. The molecule has 0 unspecified atom stereocenters. The summed E-state index contributed by atoms with van der Waals surface area (Å²) in [6.45, 7) is 3.75. The fourth-order valence-electron chi connectivity index (χ4n) is 3.04. The molecule has 1 aromatic carbocycles. The van der Waals surface area contributed by atoms with Gasteiger partial charge in [0, 0.05) is 44.1 Å². The molecule has 33 heavy (non-hydrogen) atoms. The molecule has 3 heterocycles. The number of nitrogens with zero attached hydrogens (tertiary/aromatic N) is 5. The van der Waals surface area contributed by atoms with Crippen LogP contribution < -0.4 is 5.32 Å². The Hall–Kier alpha value is -3.80. The van der Waals surface area contributed by atoms with Crippen molar-refractivity contribution in [3.8, 4) is 11.3 Å². The van der Waals surface area contributed by atoms with E-state index in [0.717, 1.165) is 29.9 Å². The van der Waals surface area contributed by atoms with E-state index in [2.05, 4.69) is 32.7 Å². The number of rotatable bonds is 4. The number of aliphatic carboxylic acids is 1. The van der Waals surface area contributed by atoms with Crippen LogP contribution in [0.1, 0.15) is 16.1 Å².